The number of hydrogen-bond acceptors (Lipinski definition) is 2. The molecule has 1 aliphatic carbocycles. The summed E-state index contributed by atoms with van der Waals surface area (Å²) in [4.78, 5) is 19.7. The third-order valence-corrected chi connectivity index (χ3v) is 8.63. The molecule has 0 atom stereocenters. The normalized spacial score (nSPS) is 17.4. The van der Waals surface area contributed by atoms with E-state index in [0.29, 0.717) is 28.9 Å². The third kappa shape index (κ3) is 9.14. The molecule has 216 valence electrons. The number of carbonyl (C=O) groups excluding carboxylic acids is 1. The highest BCUT2D eigenvalue weighted by Gasteiger charge is 2.28. The number of hydrogen-bond donors (Lipinski definition) is 0. The molecule has 40 heavy (non-hydrogen) atoms. The third-order valence-electron chi connectivity index (χ3n) is 8.38. The van der Waals surface area contributed by atoms with Crippen LogP contribution in [0.4, 0.5) is 4.39 Å². The van der Waals surface area contributed by atoms with Gasteiger partial charge in [0.15, 0.2) is 0 Å². The highest BCUT2D eigenvalue weighted by Crippen LogP contribution is 2.30. The van der Waals surface area contributed by atoms with E-state index in [1.807, 2.05) is 17.9 Å². The molecule has 1 amide bonds. The Kier molecular flexibility index (Phi) is 12.6. The van der Waals surface area contributed by atoms with Gasteiger partial charge in [-0.1, -0.05) is 55.6 Å². The van der Waals surface area contributed by atoms with Gasteiger partial charge in [-0.05, 0) is 81.2 Å². The minimum absolute atomic E-state index is 0.206. The van der Waals surface area contributed by atoms with Gasteiger partial charge < -0.3 is 4.90 Å². The zero-order chi connectivity index (χ0) is 29.1. The summed E-state index contributed by atoms with van der Waals surface area (Å²) in [6.45, 7) is 15.5. The molecule has 2 fully saturated rings. The second-order valence-electron chi connectivity index (χ2n) is 11.2. The van der Waals surface area contributed by atoms with Gasteiger partial charge in [0, 0.05) is 49.8 Å². The van der Waals surface area contributed by atoms with Crippen LogP contribution in [0, 0.1) is 24.6 Å². The molecule has 1 saturated heterocycles. The van der Waals surface area contributed by atoms with Gasteiger partial charge in [-0.15, -0.1) is 0 Å². The smallest absolute Gasteiger partial charge is 0.308 e. The number of halogens is 2. The Morgan fingerprint density at radius 1 is 1.15 bits per heavy atom. The van der Waals surface area contributed by atoms with Crippen LogP contribution >= 0.6 is 11.6 Å². The summed E-state index contributed by atoms with van der Waals surface area (Å²) in [6, 6.07) is 5.14. The van der Waals surface area contributed by atoms with E-state index in [-0.39, 0.29) is 11.7 Å². The fourth-order valence-corrected chi connectivity index (χ4v) is 5.87. The molecular weight excluding hydrogens is 521 g/mol. The number of allylic oxidation sites excluding steroid dienone is 3. The summed E-state index contributed by atoms with van der Waals surface area (Å²) in [5, 5.41) is 0.535. The van der Waals surface area contributed by atoms with Crippen molar-refractivity contribution < 1.29 is 9.18 Å². The van der Waals surface area contributed by atoms with Crippen LogP contribution in [0.3, 0.4) is 0 Å². The lowest BCUT2D eigenvalue weighted by molar-refractivity contribution is -0.132. The van der Waals surface area contributed by atoms with E-state index in [0.717, 1.165) is 86.3 Å². The minimum Gasteiger partial charge on any atom is -0.343 e. The average Bonchev–Trinajstić information content (AvgIpc) is 2.98. The Balaban J connectivity index is 1.65. The molecule has 1 heterocycles. The van der Waals surface area contributed by atoms with Crippen LogP contribution < -0.4 is 4.67 Å². The molecule has 1 aromatic rings. The summed E-state index contributed by atoms with van der Waals surface area (Å²) < 4.78 is 18.9. The molecule has 0 bridgehead atoms. The maximum absolute atomic E-state index is 13.8. The summed E-state index contributed by atoms with van der Waals surface area (Å²) in [7, 11) is 0. The number of rotatable bonds is 11. The van der Waals surface area contributed by atoms with Crippen LogP contribution in [0.25, 0.3) is 0 Å². The lowest BCUT2D eigenvalue weighted by Gasteiger charge is -2.32. The lowest BCUT2D eigenvalue weighted by atomic mass is 9.81. The molecule has 0 N–H and O–H groups in total. The molecule has 0 unspecified atom stereocenters. The molecule has 3 rings (SSSR count). The highest BCUT2D eigenvalue weighted by molar-refractivity contribution is 6.31. The zero-order valence-corrected chi connectivity index (χ0v) is 25.4. The molecule has 1 aliphatic heterocycles. The van der Waals surface area contributed by atoms with Gasteiger partial charge in [-0.2, -0.15) is 0 Å². The largest absolute Gasteiger partial charge is 0.343 e. The minimum atomic E-state index is -0.206. The number of carbonyl (C=O) groups is 1. The topological polar surface area (TPSA) is 46.8 Å². The molecular formula is C34H46ClFN3O+. The van der Waals surface area contributed by atoms with Crippen molar-refractivity contribution in [3.63, 3.8) is 0 Å². The van der Waals surface area contributed by atoms with E-state index in [9.17, 15) is 9.18 Å². The second-order valence-corrected chi connectivity index (χ2v) is 11.6. The number of amides is 1. The van der Waals surface area contributed by atoms with Crippen molar-refractivity contribution in [3.8, 4) is 0 Å². The Labute approximate surface area is 245 Å². The number of piperidine rings is 1. The van der Waals surface area contributed by atoms with Gasteiger partial charge in [-0.3, -0.25) is 9.79 Å². The predicted octanol–water partition coefficient (Wildman–Crippen LogP) is 8.11. The van der Waals surface area contributed by atoms with Crippen LogP contribution in [0.15, 0.2) is 59.2 Å². The van der Waals surface area contributed by atoms with E-state index in [2.05, 4.69) is 25.1 Å². The van der Waals surface area contributed by atoms with Crippen LogP contribution in [-0.4, -0.2) is 41.0 Å². The van der Waals surface area contributed by atoms with Gasteiger partial charge in [0.25, 0.3) is 0 Å². The maximum atomic E-state index is 13.8. The van der Waals surface area contributed by atoms with Crippen LogP contribution in [0.5, 0.6) is 0 Å². The van der Waals surface area contributed by atoms with Gasteiger partial charge in [-0.25, -0.2) is 4.39 Å². The van der Waals surface area contributed by atoms with Crippen LogP contribution in [-0.2, 0) is 4.79 Å². The number of likely N-dealkylation sites (tertiary alicyclic amines) is 1. The quantitative estimate of drug-likeness (QED) is 0.151. The standard InChI is InChI=1S/C34H46ClFN3O/c1-6-30(35)23-37-32(7-2)28-18-20-39(21-19-28)34(40)15-11-14-33(25(4)27-12-9-8-10-13-27)38-26(5)29-16-17-31(36)24(3)22-29/h6,16-17,22-23,27-28H,1,4,7-15,18-21H2,2-3,5H3/q+1. The molecule has 1 saturated carbocycles. The molecule has 0 aromatic heterocycles. The van der Waals surface area contributed by atoms with Crippen LogP contribution in [0.1, 0.15) is 95.6 Å². The Morgan fingerprint density at radius 3 is 2.48 bits per heavy atom. The van der Waals surface area contributed by atoms with E-state index in [1.165, 1.54) is 25.3 Å². The fourth-order valence-electron chi connectivity index (χ4n) is 5.82. The number of aliphatic imine (C=N–C) groups is 1. The van der Waals surface area contributed by atoms with Crippen molar-refractivity contribution in [3.05, 3.63) is 71.2 Å². The monoisotopic (exact) mass is 566 g/mol. The van der Waals surface area contributed by atoms with Crippen molar-refractivity contribution in [1.82, 2.24) is 9.57 Å². The Bertz CT molecular complexity index is 1190. The maximum Gasteiger partial charge on any atom is 0.308 e. The fraction of sp³-hybridized carbons (Fsp3) is 0.529. The number of nitrogens with zero attached hydrogens (tertiary/aromatic N) is 3. The second kappa shape index (κ2) is 15.9. The van der Waals surface area contributed by atoms with E-state index < -0.39 is 0 Å². The average molecular weight is 567 g/mol. The molecule has 0 spiro atoms. The van der Waals surface area contributed by atoms with Crippen molar-refractivity contribution in [2.24, 2.45) is 16.8 Å². The summed E-state index contributed by atoms with van der Waals surface area (Å²) in [5.74, 6) is 0.837. The first-order valence-electron chi connectivity index (χ1n) is 14.9. The van der Waals surface area contributed by atoms with E-state index >= 15 is 0 Å². The van der Waals surface area contributed by atoms with Crippen LogP contribution in [0.2, 0.25) is 0 Å². The summed E-state index contributed by atoms with van der Waals surface area (Å²) in [6.07, 6.45) is 14.0. The van der Waals surface area contributed by atoms with E-state index in [4.69, 9.17) is 16.3 Å². The lowest BCUT2D eigenvalue weighted by Crippen LogP contribution is -2.40. The summed E-state index contributed by atoms with van der Waals surface area (Å²) >= 11 is 6.03. The van der Waals surface area contributed by atoms with Crippen molar-refractivity contribution in [1.29, 1.82) is 0 Å². The van der Waals surface area contributed by atoms with Crippen molar-refractivity contribution >= 4 is 34.6 Å². The highest BCUT2D eigenvalue weighted by atomic mass is 35.5. The first-order chi connectivity index (χ1) is 19.2. The molecule has 4 nitrogen and oxygen atoms in total. The molecule has 2 aliphatic rings. The van der Waals surface area contributed by atoms with Gasteiger partial charge in [0.1, 0.15) is 5.82 Å². The molecule has 0 radical (unpaired) electrons. The molecule has 6 heteroatoms. The number of benzene rings is 1. The van der Waals surface area contributed by atoms with Gasteiger partial charge >= 0.3 is 11.4 Å². The van der Waals surface area contributed by atoms with E-state index in [1.54, 1.807) is 25.3 Å². The SMILES string of the molecule is C=CC(Cl)=CN=C(CC)C1CCN(C(=O)CCCC(=[N+]=C(C)c2ccc(F)c(C)c2)C(=C)C2CCCCC2)CC1. The summed E-state index contributed by atoms with van der Waals surface area (Å²) in [5.41, 5.74) is 5.64. The Hall–Kier alpha value is -2.75. The number of aryl methyl sites for hydroxylation is 1. The van der Waals surface area contributed by atoms with Gasteiger partial charge in [0.2, 0.25) is 5.91 Å². The van der Waals surface area contributed by atoms with Gasteiger partial charge in [0.05, 0.1) is 17.0 Å². The first kappa shape index (κ1) is 31.8. The van der Waals surface area contributed by atoms with Crippen molar-refractivity contribution in [2.45, 2.75) is 91.4 Å². The van der Waals surface area contributed by atoms with Crippen molar-refractivity contribution in [2.75, 3.05) is 13.1 Å². The zero-order valence-electron chi connectivity index (χ0n) is 24.7. The molecule has 1 aromatic carbocycles. The predicted molar refractivity (Wildman–Crippen MR) is 169 cm³/mol. The first-order valence-corrected chi connectivity index (χ1v) is 15.3. The Morgan fingerprint density at radius 2 is 1.85 bits per heavy atom.